The average molecular weight is 245 g/mol. The van der Waals surface area contributed by atoms with E-state index in [1.807, 2.05) is 18.7 Å². The van der Waals surface area contributed by atoms with Crippen molar-refractivity contribution in [2.75, 3.05) is 6.54 Å². The molecule has 0 aromatic carbocycles. The van der Waals surface area contributed by atoms with E-state index >= 15 is 0 Å². The van der Waals surface area contributed by atoms with Crippen molar-refractivity contribution in [3.8, 4) is 0 Å². The lowest BCUT2D eigenvalue weighted by atomic mass is 9.92. The number of hydrogen-bond acceptors (Lipinski definition) is 3. The highest BCUT2D eigenvalue weighted by atomic mass is 35.5. The maximum atomic E-state index is 11.9. The molecule has 1 aliphatic rings. The van der Waals surface area contributed by atoms with Gasteiger partial charge in [-0.15, -0.1) is 11.3 Å². The molecule has 82 valence electrons. The maximum Gasteiger partial charge on any atom is 0.228 e. The summed E-state index contributed by atoms with van der Waals surface area (Å²) < 4.78 is 0.538. The minimum Gasteiger partial charge on any atom is -0.337 e. The number of thiazole rings is 1. The third-order valence-corrected chi connectivity index (χ3v) is 3.84. The first kappa shape index (κ1) is 10.9. The number of likely N-dealkylation sites (tertiary alicyclic amines) is 1. The molecule has 1 saturated heterocycles. The van der Waals surface area contributed by atoms with E-state index in [9.17, 15) is 4.79 Å². The Kier molecular flexibility index (Phi) is 2.73. The standard InChI is InChI=1S/C10H13ClN2OS/c1-10(2)3-4-13(8(10)14)6-7-5-12-9(11)15-7/h5H,3-4,6H2,1-2H3. The van der Waals surface area contributed by atoms with Crippen LogP contribution in [0.3, 0.4) is 0 Å². The molecule has 1 aromatic heterocycles. The van der Waals surface area contributed by atoms with Gasteiger partial charge in [-0.25, -0.2) is 4.98 Å². The van der Waals surface area contributed by atoms with E-state index in [1.165, 1.54) is 11.3 Å². The summed E-state index contributed by atoms with van der Waals surface area (Å²) in [4.78, 5) is 18.8. The van der Waals surface area contributed by atoms with Crippen LogP contribution in [0.25, 0.3) is 0 Å². The molecule has 1 amide bonds. The molecule has 0 spiro atoms. The molecule has 0 aliphatic carbocycles. The summed E-state index contributed by atoms with van der Waals surface area (Å²) >= 11 is 7.18. The Labute approximate surface area is 98.1 Å². The van der Waals surface area contributed by atoms with Gasteiger partial charge in [-0.3, -0.25) is 4.79 Å². The van der Waals surface area contributed by atoms with Crippen LogP contribution < -0.4 is 0 Å². The highest BCUT2D eigenvalue weighted by molar-refractivity contribution is 7.15. The highest BCUT2D eigenvalue weighted by Gasteiger charge is 2.38. The smallest absolute Gasteiger partial charge is 0.228 e. The van der Waals surface area contributed by atoms with Crippen molar-refractivity contribution in [3.05, 3.63) is 15.5 Å². The molecule has 5 heteroatoms. The van der Waals surface area contributed by atoms with Crippen LogP contribution in [-0.2, 0) is 11.3 Å². The first-order valence-electron chi connectivity index (χ1n) is 4.89. The lowest BCUT2D eigenvalue weighted by molar-refractivity contribution is -0.135. The van der Waals surface area contributed by atoms with Crippen molar-refractivity contribution < 1.29 is 4.79 Å². The fraction of sp³-hybridized carbons (Fsp3) is 0.600. The maximum absolute atomic E-state index is 11.9. The zero-order valence-electron chi connectivity index (χ0n) is 8.79. The SMILES string of the molecule is CC1(C)CCN(Cc2cnc(Cl)s2)C1=O. The number of rotatable bonds is 2. The van der Waals surface area contributed by atoms with E-state index in [-0.39, 0.29) is 11.3 Å². The molecular formula is C10H13ClN2OS. The molecule has 0 saturated carbocycles. The first-order chi connectivity index (χ1) is 6.99. The van der Waals surface area contributed by atoms with Crippen LogP contribution in [0.5, 0.6) is 0 Å². The molecule has 0 bridgehead atoms. The zero-order chi connectivity index (χ0) is 11.1. The topological polar surface area (TPSA) is 33.2 Å². The van der Waals surface area contributed by atoms with Crippen molar-refractivity contribution in [2.45, 2.75) is 26.8 Å². The summed E-state index contributed by atoms with van der Waals surface area (Å²) in [6, 6.07) is 0. The van der Waals surface area contributed by atoms with Gasteiger partial charge in [0.2, 0.25) is 5.91 Å². The van der Waals surface area contributed by atoms with Gasteiger partial charge in [0, 0.05) is 23.0 Å². The van der Waals surface area contributed by atoms with E-state index in [0.717, 1.165) is 17.8 Å². The largest absolute Gasteiger partial charge is 0.337 e. The Morgan fingerprint density at radius 2 is 2.40 bits per heavy atom. The molecule has 0 atom stereocenters. The summed E-state index contributed by atoms with van der Waals surface area (Å²) in [6.45, 7) is 5.47. The van der Waals surface area contributed by atoms with Crippen molar-refractivity contribution in [2.24, 2.45) is 5.41 Å². The van der Waals surface area contributed by atoms with Gasteiger partial charge < -0.3 is 4.90 Å². The lowest BCUT2D eigenvalue weighted by Gasteiger charge is -2.18. The normalized spacial score (nSPS) is 19.9. The molecule has 1 fully saturated rings. The molecule has 1 aromatic rings. The molecule has 0 N–H and O–H groups in total. The van der Waals surface area contributed by atoms with Gasteiger partial charge >= 0.3 is 0 Å². The van der Waals surface area contributed by atoms with Gasteiger partial charge in [-0.05, 0) is 6.42 Å². The van der Waals surface area contributed by atoms with Gasteiger partial charge in [-0.2, -0.15) is 0 Å². The second-order valence-corrected chi connectivity index (χ2v) is 6.14. The average Bonchev–Trinajstić information content (AvgIpc) is 2.66. The van der Waals surface area contributed by atoms with E-state index in [0.29, 0.717) is 11.0 Å². The van der Waals surface area contributed by atoms with Gasteiger partial charge in [0.25, 0.3) is 0 Å². The molecule has 15 heavy (non-hydrogen) atoms. The minimum atomic E-state index is -0.200. The van der Waals surface area contributed by atoms with E-state index in [1.54, 1.807) is 6.20 Å². The highest BCUT2D eigenvalue weighted by Crippen LogP contribution is 2.32. The summed E-state index contributed by atoms with van der Waals surface area (Å²) in [7, 11) is 0. The van der Waals surface area contributed by atoms with Crippen molar-refractivity contribution in [3.63, 3.8) is 0 Å². The van der Waals surface area contributed by atoms with Crippen LogP contribution in [0, 0.1) is 5.41 Å². The van der Waals surface area contributed by atoms with Gasteiger partial charge in [0.15, 0.2) is 4.47 Å². The van der Waals surface area contributed by atoms with E-state index < -0.39 is 0 Å². The van der Waals surface area contributed by atoms with E-state index in [4.69, 9.17) is 11.6 Å². The Morgan fingerprint density at radius 1 is 1.67 bits per heavy atom. The Balaban J connectivity index is 2.06. The zero-order valence-corrected chi connectivity index (χ0v) is 10.4. The fourth-order valence-corrected chi connectivity index (χ4v) is 2.74. The molecule has 2 rings (SSSR count). The van der Waals surface area contributed by atoms with Crippen molar-refractivity contribution >= 4 is 28.8 Å². The molecular weight excluding hydrogens is 232 g/mol. The molecule has 1 aliphatic heterocycles. The van der Waals surface area contributed by atoms with Gasteiger partial charge in [0.05, 0.1) is 6.54 Å². The monoisotopic (exact) mass is 244 g/mol. The van der Waals surface area contributed by atoms with Crippen LogP contribution >= 0.6 is 22.9 Å². The van der Waals surface area contributed by atoms with Crippen molar-refractivity contribution in [1.29, 1.82) is 0 Å². The lowest BCUT2D eigenvalue weighted by Crippen LogP contribution is -2.30. The van der Waals surface area contributed by atoms with Crippen LogP contribution in [0.2, 0.25) is 4.47 Å². The predicted octanol–water partition coefficient (Wildman–Crippen LogP) is 2.56. The number of halogens is 1. The van der Waals surface area contributed by atoms with Gasteiger partial charge in [-0.1, -0.05) is 25.4 Å². The van der Waals surface area contributed by atoms with Crippen LogP contribution in [-0.4, -0.2) is 22.3 Å². The number of carbonyl (C=O) groups is 1. The molecule has 0 radical (unpaired) electrons. The number of hydrogen-bond donors (Lipinski definition) is 0. The Hall–Kier alpha value is -0.610. The third-order valence-electron chi connectivity index (χ3n) is 2.74. The number of amides is 1. The summed E-state index contributed by atoms with van der Waals surface area (Å²) in [5, 5.41) is 0. The minimum absolute atomic E-state index is 0.200. The summed E-state index contributed by atoms with van der Waals surface area (Å²) in [5.41, 5.74) is -0.200. The summed E-state index contributed by atoms with van der Waals surface area (Å²) in [6.07, 6.45) is 2.67. The second kappa shape index (κ2) is 3.76. The number of carbonyl (C=O) groups excluding carboxylic acids is 1. The Morgan fingerprint density at radius 3 is 2.87 bits per heavy atom. The van der Waals surface area contributed by atoms with Crippen LogP contribution in [0.15, 0.2) is 6.20 Å². The van der Waals surface area contributed by atoms with Crippen LogP contribution in [0.1, 0.15) is 25.1 Å². The number of nitrogens with zero attached hydrogens (tertiary/aromatic N) is 2. The van der Waals surface area contributed by atoms with Crippen LogP contribution in [0.4, 0.5) is 0 Å². The molecule has 3 nitrogen and oxygen atoms in total. The molecule has 0 unspecified atom stereocenters. The van der Waals surface area contributed by atoms with Crippen molar-refractivity contribution in [1.82, 2.24) is 9.88 Å². The molecule has 2 heterocycles. The predicted molar refractivity (Wildman–Crippen MR) is 60.9 cm³/mol. The first-order valence-corrected chi connectivity index (χ1v) is 6.08. The number of aromatic nitrogens is 1. The summed E-state index contributed by atoms with van der Waals surface area (Å²) in [5.74, 6) is 0.229. The fourth-order valence-electron chi connectivity index (χ4n) is 1.75. The quantitative estimate of drug-likeness (QED) is 0.801. The van der Waals surface area contributed by atoms with E-state index in [2.05, 4.69) is 4.98 Å². The second-order valence-electron chi connectivity index (χ2n) is 4.44. The van der Waals surface area contributed by atoms with Gasteiger partial charge in [0.1, 0.15) is 0 Å². The Bertz CT molecular complexity index is 389. The third kappa shape index (κ3) is 2.16.